The molecule has 4 rings (SSSR count). The molecule has 26 heavy (non-hydrogen) atoms. The van der Waals surface area contributed by atoms with Gasteiger partial charge < -0.3 is 4.74 Å². The van der Waals surface area contributed by atoms with Crippen LogP contribution in [-0.2, 0) is 0 Å². The highest BCUT2D eigenvalue weighted by atomic mass is 32.2. The van der Waals surface area contributed by atoms with Gasteiger partial charge in [-0.2, -0.15) is 17.0 Å². The molecule has 0 atom stereocenters. The fraction of sp³-hybridized carbons (Fsp3) is 0.333. The molecule has 0 aliphatic carbocycles. The second-order valence-electron chi connectivity index (χ2n) is 5.92. The molecule has 1 fully saturated rings. The van der Waals surface area contributed by atoms with E-state index in [1.54, 1.807) is 6.33 Å². The molecule has 0 bridgehead atoms. The minimum atomic E-state index is 0.279. The van der Waals surface area contributed by atoms with Gasteiger partial charge in [0.2, 0.25) is 0 Å². The number of nitrogens with zero attached hydrogens (tertiary/aromatic N) is 6. The first kappa shape index (κ1) is 16.8. The number of hydrogen-bond acceptors (Lipinski definition) is 7. The van der Waals surface area contributed by atoms with Crippen LogP contribution in [0.4, 0.5) is 0 Å². The zero-order valence-electron chi connectivity index (χ0n) is 14.2. The average molecular weight is 366 g/mol. The van der Waals surface area contributed by atoms with Crippen LogP contribution in [-0.4, -0.2) is 62.2 Å². The van der Waals surface area contributed by atoms with E-state index in [9.17, 15) is 0 Å². The van der Waals surface area contributed by atoms with E-state index in [2.05, 4.69) is 19.9 Å². The minimum absolute atomic E-state index is 0.279. The monoisotopic (exact) mass is 366 g/mol. The number of imidazole rings is 1. The van der Waals surface area contributed by atoms with E-state index < -0.39 is 0 Å². The molecule has 3 heterocycles. The van der Waals surface area contributed by atoms with Crippen LogP contribution in [0.1, 0.15) is 5.69 Å². The molecule has 132 valence electrons. The van der Waals surface area contributed by atoms with E-state index in [1.807, 2.05) is 46.7 Å². The van der Waals surface area contributed by atoms with Crippen LogP contribution in [0.2, 0.25) is 0 Å². The quantitative estimate of drug-likeness (QED) is 0.684. The van der Waals surface area contributed by atoms with Crippen LogP contribution in [0.15, 0.2) is 36.9 Å². The number of thioether (sulfide) groups is 1. The van der Waals surface area contributed by atoms with Crippen molar-refractivity contribution >= 4 is 22.9 Å². The first-order valence-electron chi connectivity index (χ1n) is 8.46. The van der Waals surface area contributed by atoms with Gasteiger partial charge >= 0.3 is 0 Å². The van der Waals surface area contributed by atoms with Crippen molar-refractivity contribution in [3.63, 3.8) is 0 Å². The average Bonchev–Trinajstić information content (AvgIpc) is 3.13. The largest absolute Gasteiger partial charge is 0.492 e. The predicted octanol–water partition coefficient (Wildman–Crippen LogP) is 2.11. The summed E-state index contributed by atoms with van der Waals surface area (Å²) in [6, 6.07) is 9.86. The Morgan fingerprint density at radius 1 is 1.19 bits per heavy atom. The SMILES string of the molecule is N#Cc1ncnc2c1ncn2-c1cccc(OCCN2CCSCC2)c1. The van der Waals surface area contributed by atoms with Crippen LogP contribution in [0.5, 0.6) is 5.75 Å². The molecule has 1 aliphatic heterocycles. The molecule has 1 aromatic carbocycles. The second-order valence-corrected chi connectivity index (χ2v) is 7.15. The predicted molar refractivity (Wildman–Crippen MR) is 101 cm³/mol. The Bertz CT molecular complexity index is 944. The fourth-order valence-corrected chi connectivity index (χ4v) is 3.92. The van der Waals surface area contributed by atoms with Gasteiger partial charge in [0.1, 0.15) is 36.6 Å². The summed E-state index contributed by atoms with van der Waals surface area (Å²) in [4.78, 5) is 14.9. The molecule has 7 nitrogen and oxygen atoms in total. The number of rotatable bonds is 5. The van der Waals surface area contributed by atoms with Crippen molar-refractivity contribution in [1.82, 2.24) is 24.4 Å². The molecular formula is C18H18N6OS. The molecule has 0 unspecified atom stereocenters. The van der Waals surface area contributed by atoms with Crippen molar-refractivity contribution in [3.05, 3.63) is 42.6 Å². The molecule has 1 aliphatic rings. The van der Waals surface area contributed by atoms with Crippen LogP contribution in [0.3, 0.4) is 0 Å². The van der Waals surface area contributed by atoms with E-state index in [4.69, 9.17) is 10.00 Å². The topological polar surface area (TPSA) is 79.9 Å². The Morgan fingerprint density at radius 3 is 2.92 bits per heavy atom. The van der Waals surface area contributed by atoms with Crippen molar-refractivity contribution in [3.8, 4) is 17.5 Å². The maximum Gasteiger partial charge on any atom is 0.171 e. The maximum absolute atomic E-state index is 9.15. The van der Waals surface area contributed by atoms with Gasteiger partial charge in [-0.25, -0.2) is 15.0 Å². The summed E-state index contributed by atoms with van der Waals surface area (Å²) < 4.78 is 7.78. The van der Waals surface area contributed by atoms with Gasteiger partial charge in [-0.05, 0) is 12.1 Å². The standard InChI is InChI=1S/C18H18N6OS/c19-11-16-17-18(21-12-20-16)24(13-22-17)14-2-1-3-15(10-14)25-7-4-23-5-8-26-9-6-23/h1-3,10,12-13H,4-9H2. The van der Waals surface area contributed by atoms with E-state index in [0.29, 0.717) is 17.8 Å². The van der Waals surface area contributed by atoms with Gasteiger partial charge in [0.25, 0.3) is 0 Å². The van der Waals surface area contributed by atoms with Crippen molar-refractivity contribution in [2.45, 2.75) is 0 Å². The summed E-state index contributed by atoms with van der Waals surface area (Å²) in [5.74, 6) is 3.22. The maximum atomic E-state index is 9.15. The van der Waals surface area contributed by atoms with Crippen LogP contribution < -0.4 is 4.74 Å². The third-order valence-corrected chi connectivity index (χ3v) is 5.26. The van der Waals surface area contributed by atoms with Gasteiger partial charge in [-0.1, -0.05) is 6.07 Å². The third-order valence-electron chi connectivity index (χ3n) is 4.32. The number of benzene rings is 1. The number of ether oxygens (including phenoxy) is 1. The van der Waals surface area contributed by atoms with E-state index >= 15 is 0 Å². The Balaban J connectivity index is 1.50. The van der Waals surface area contributed by atoms with Crippen LogP contribution >= 0.6 is 11.8 Å². The molecule has 8 heteroatoms. The summed E-state index contributed by atoms with van der Waals surface area (Å²) in [7, 11) is 0. The summed E-state index contributed by atoms with van der Waals surface area (Å²) in [6.07, 6.45) is 3.04. The highest BCUT2D eigenvalue weighted by Gasteiger charge is 2.12. The van der Waals surface area contributed by atoms with Gasteiger partial charge in [0, 0.05) is 37.2 Å². The highest BCUT2D eigenvalue weighted by molar-refractivity contribution is 7.99. The molecule has 0 amide bonds. The van der Waals surface area contributed by atoms with E-state index in [-0.39, 0.29) is 5.69 Å². The number of nitriles is 1. The summed E-state index contributed by atoms with van der Waals surface area (Å²) in [5, 5.41) is 9.15. The molecule has 0 spiro atoms. The lowest BCUT2D eigenvalue weighted by molar-refractivity contribution is 0.222. The third kappa shape index (κ3) is 3.49. The second kappa shape index (κ2) is 7.72. The minimum Gasteiger partial charge on any atom is -0.492 e. The molecule has 3 aromatic rings. The normalized spacial score (nSPS) is 15.0. The molecule has 0 saturated carbocycles. The van der Waals surface area contributed by atoms with Gasteiger partial charge in [-0.15, -0.1) is 0 Å². The number of aromatic nitrogens is 4. The molecule has 0 N–H and O–H groups in total. The number of fused-ring (bicyclic) bond motifs is 1. The van der Waals surface area contributed by atoms with Crippen molar-refractivity contribution in [2.75, 3.05) is 37.7 Å². The van der Waals surface area contributed by atoms with Crippen molar-refractivity contribution < 1.29 is 4.74 Å². The van der Waals surface area contributed by atoms with Gasteiger partial charge in [0.05, 0.1) is 5.69 Å². The first-order chi connectivity index (χ1) is 12.8. The zero-order chi connectivity index (χ0) is 17.8. The van der Waals surface area contributed by atoms with Crippen molar-refractivity contribution in [2.24, 2.45) is 0 Å². The van der Waals surface area contributed by atoms with Crippen molar-refractivity contribution in [1.29, 1.82) is 5.26 Å². The van der Waals surface area contributed by atoms with Gasteiger partial charge in [0.15, 0.2) is 11.3 Å². The Kier molecular flexibility index (Phi) is 5.00. The lowest BCUT2D eigenvalue weighted by atomic mass is 10.3. The van der Waals surface area contributed by atoms with E-state index in [1.165, 1.54) is 17.8 Å². The van der Waals surface area contributed by atoms with Crippen LogP contribution in [0.25, 0.3) is 16.9 Å². The lowest BCUT2D eigenvalue weighted by Crippen LogP contribution is -2.35. The molecule has 1 saturated heterocycles. The Labute approximate surface area is 155 Å². The summed E-state index contributed by atoms with van der Waals surface area (Å²) in [5.41, 5.74) is 2.28. The molecule has 0 radical (unpaired) electrons. The Morgan fingerprint density at radius 2 is 2.08 bits per heavy atom. The first-order valence-corrected chi connectivity index (χ1v) is 9.62. The van der Waals surface area contributed by atoms with E-state index in [0.717, 1.165) is 31.1 Å². The summed E-state index contributed by atoms with van der Waals surface area (Å²) >= 11 is 2.01. The highest BCUT2D eigenvalue weighted by Crippen LogP contribution is 2.21. The smallest absolute Gasteiger partial charge is 0.171 e. The fourth-order valence-electron chi connectivity index (χ4n) is 2.95. The number of hydrogen-bond donors (Lipinski definition) is 0. The van der Waals surface area contributed by atoms with Crippen LogP contribution in [0, 0.1) is 11.3 Å². The summed E-state index contributed by atoms with van der Waals surface area (Å²) in [6.45, 7) is 3.88. The molecule has 2 aromatic heterocycles. The lowest BCUT2D eigenvalue weighted by Gasteiger charge is -2.25. The Hall–Kier alpha value is -2.63. The molecular weight excluding hydrogens is 348 g/mol. The van der Waals surface area contributed by atoms with Gasteiger partial charge in [-0.3, -0.25) is 9.47 Å². The zero-order valence-corrected chi connectivity index (χ0v) is 15.0.